The molecule has 3 aromatic rings. The van der Waals surface area contributed by atoms with E-state index in [1.54, 1.807) is 24.3 Å². The summed E-state index contributed by atoms with van der Waals surface area (Å²) in [7, 11) is 0. The molecule has 1 aliphatic rings. The number of hydrogen-bond acceptors (Lipinski definition) is 2. The van der Waals surface area contributed by atoms with Gasteiger partial charge in [-0.2, -0.15) is 0 Å². The average molecular weight is 406 g/mol. The van der Waals surface area contributed by atoms with Gasteiger partial charge in [-0.25, -0.2) is 0 Å². The fourth-order valence-electron chi connectivity index (χ4n) is 4.30. The minimum absolute atomic E-state index is 0.0167. The minimum atomic E-state index is -1.07. The van der Waals surface area contributed by atoms with E-state index in [4.69, 9.17) is 11.6 Å². The van der Waals surface area contributed by atoms with E-state index in [-0.39, 0.29) is 11.8 Å². The summed E-state index contributed by atoms with van der Waals surface area (Å²) in [5.74, 6) is 0.0460. The van der Waals surface area contributed by atoms with Crippen LogP contribution in [-0.4, -0.2) is 29.0 Å². The van der Waals surface area contributed by atoms with Crippen molar-refractivity contribution in [1.29, 1.82) is 0 Å². The number of carbonyl (C=O) groups is 1. The summed E-state index contributed by atoms with van der Waals surface area (Å²) in [6.07, 6.45) is 1.47. The first kappa shape index (κ1) is 19.7. The molecule has 0 aliphatic carbocycles. The third kappa shape index (κ3) is 3.93. The Kier molecular flexibility index (Phi) is 5.70. The molecule has 29 heavy (non-hydrogen) atoms. The van der Waals surface area contributed by atoms with Gasteiger partial charge in [0.05, 0.1) is 0 Å². The van der Waals surface area contributed by atoms with Gasteiger partial charge in [-0.15, -0.1) is 0 Å². The lowest BCUT2D eigenvalue weighted by Crippen LogP contribution is -2.46. The molecule has 0 unspecified atom stereocenters. The summed E-state index contributed by atoms with van der Waals surface area (Å²) >= 11 is 5.94. The van der Waals surface area contributed by atoms with E-state index >= 15 is 0 Å². The van der Waals surface area contributed by atoms with Crippen molar-refractivity contribution in [3.8, 4) is 0 Å². The van der Waals surface area contributed by atoms with Crippen LogP contribution in [0.15, 0.2) is 84.9 Å². The van der Waals surface area contributed by atoms with E-state index in [1.807, 2.05) is 65.6 Å². The number of rotatable bonds is 4. The lowest BCUT2D eigenvalue weighted by Gasteiger charge is -2.42. The fourth-order valence-corrected chi connectivity index (χ4v) is 4.42. The van der Waals surface area contributed by atoms with Crippen molar-refractivity contribution < 1.29 is 9.90 Å². The second-order valence-electron chi connectivity index (χ2n) is 7.57. The number of carbonyl (C=O) groups excluding carboxylic acids is 1. The van der Waals surface area contributed by atoms with Crippen molar-refractivity contribution in [2.24, 2.45) is 5.92 Å². The van der Waals surface area contributed by atoms with Crippen LogP contribution in [-0.2, 0) is 5.60 Å². The summed E-state index contributed by atoms with van der Waals surface area (Å²) in [5, 5.41) is 12.6. The maximum absolute atomic E-state index is 12.8. The molecule has 3 aromatic carbocycles. The number of likely N-dealkylation sites (tertiary alicyclic amines) is 1. The molecule has 0 radical (unpaired) electrons. The Labute approximate surface area is 176 Å². The Hall–Kier alpha value is -2.62. The fraction of sp³-hybridized carbons (Fsp3) is 0.240. The number of amides is 1. The van der Waals surface area contributed by atoms with Gasteiger partial charge in [-0.05, 0) is 54.2 Å². The lowest BCUT2D eigenvalue weighted by atomic mass is 9.72. The van der Waals surface area contributed by atoms with Crippen molar-refractivity contribution in [1.82, 2.24) is 4.90 Å². The molecule has 4 heteroatoms. The zero-order chi connectivity index (χ0) is 20.3. The van der Waals surface area contributed by atoms with Gasteiger partial charge in [0.2, 0.25) is 0 Å². The maximum atomic E-state index is 12.8. The van der Waals surface area contributed by atoms with E-state index in [0.717, 1.165) is 24.0 Å². The number of benzene rings is 3. The number of nitrogens with zero attached hydrogens (tertiary/aromatic N) is 1. The Balaban J connectivity index is 1.56. The molecule has 0 saturated carbocycles. The Bertz CT molecular complexity index is 910. The summed E-state index contributed by atoms with van der Waals surface area (Å²) < 4.78 is 0. The maximum Gasteiger partial charge on any atom is 0.253 e. The summed E-state index contributed by atoms with van der Waals surface area (Å²) in [5.41, 5.74) is 1.37. The van der Waals surface area contributed by atoms with Gasteiger partial charge in [-0.1, -0.05) is 72.3 Å². The van der Waals surface area contributed by atoms with Crippen LogP contribution in [0, 0.1) is 5.92 Å². The first-order valence-electron chi connectivity index (χ1n) is 9.97. The number of piperidine rings is 1. The van der Waals surface area contributed by atoms with Gasteiger partial charge < -0.3 is 10.0 Å². The first-order chi connectivity index (χ1) is 14.1. The first-order valence-corrected chi connectivity index (χ1v) is 10.3. The van der Waals surface area contributed by atoms with Crippen molar-refractivity contribution in [3.05, 3.63) is 107 Å². The Morgan fingerprint density at radius 1 is 0.828 bits per heavy atom. The normalized spacial score (nSPS) is 15.3. The molecule has 148 valence electrons. The highest BCUT2D eigenvalue weighted by Crippen LogP contribution is 2.42. The van der Waals surface area contributed by atoms with E-state index in [1.165, 1.54) is 0 Å². The van der Waals surface area contributed by atoms with Crippen LogP contribution in [0.5, 0.6) is 0 Å². The predicted molar refractivity (Wildman–Crippen MR) is 116 cm³/mol. The summed E-state index contributed by atoms with van der Waals surface area (Å²) in [6.45, 7) is 1.24. The molecular weight excluding hydrogens is 382 g/mol. The molecule has 3 nitrogen and oxygen atoms in total. The number of aliphatic hydroxyl groups is 1. The number of hydrogen-bond donors (Lipinski definition) is 1. The van der Waals surface area contributed by atoms with Gasteiger partial charge in [0, 0.05) is 23.7 Å². The average Bonchev–Trinajstić information content (AvgIpc) is 2.80. The summed E-state index contributed by atoms with van der Waals surface area (Å²) in [6, 6.07) is 26.7. The molecule has 1 heterocycles. The van der Waals surface area contributed by atoms with E-state index < -0.39 is 5.60 Å². The van der Waals surface area contributed by atoms with Gasteiger partial charge in [0.15, 0.2) is 0 Å². The van der Waals surface area contributed by atoms with Crippen LogP contribution < -0.4 is 0 Å². The van der Waals surface area contributed by atoms with Crippen molar-refractivity contribution in [2.45, 2.75) is 18.4 Å². The minimum Gasteiger partial charge on any atom is -0.380 e. The van der Waals surface area contributed by atoms with Gasteiger partial charge in [0.1, 0.15) is 5.60 Å². The SMILES string of the molecule is O=C(c1ccc(Cl)cc1)N1CCC(C(O)(c2ccccc2)c2ccccc2)CC1. The largest absolute Gasteiger partial charge is 0.380 e. The second-order valence-corrected chi connectivity index (χ2v) is 8.01. The van der Waals surface area contributed by atoms with Crippen LogP contribution >= 0.6 is 11.6 Å². The van der Waals surface area contributed by atoms with Crippen LogP contribution in [0.3, 0.4) is 0 Å². The third-order valence-corrected chi connectivity index (χ3v) is 6.14. The molecule has 1 saturated heterocycles. The molecule has 0 spiro atoms. The molecule has 1 amide bonds. The van der Waals surface area contributed by atoms with Gasteiger partial charge in [-0.3, -0.25) is 4.79 Å². The highest BCUT2D eigenvalue weighted by Gasteiger charge is 2.42. The highest BCUT2D eigenvalue weighted by atomic mass is 35.5. The van der Waals surface area contributed by atoms with Crippen molar-refractivity contribution in [3.63, 3.8) is 0 Å². The highest BCUT2D eigenvalue weighted by molar-refractivity contribution is 6.30. The van der Waals surface area contributed by atoms with Crippen molar-refractivity contribution >= 4 is 17.5 Å². The quantitative estimate of drug-likeness (QED) is 0.653. The van der Waals surface area contributed by atoms with E-state index in [9.17, 15) is 9.90 Å². The molecule has 0 aromatic heterocycles. The predicted octanol–water partition coefficient (Wildman–Crippen LogP) is 5.13. The van der Waals surface area contributed by atoms with E-state index in [0.29, 0.717) is 23.7 Å². The zero-order valence-corrected chi connectivity index (χ0v) is 16.9. The van der Waals surface area contributed by atoms with Gasteiger partial charge >= 0.3 is 0 Å². The topological polar surface area (TPSA) is 40.5 Å². The van der Waals surface area contributed by atoms with E-state index in [2.05, 4.69) is 0 Å². The molecule has 0 bridgehead atoms. The summed E-state index contributed by atoms with van der Waals surface area (Å²) in [4.78, 5) is 14.7. The molecular formula is C25H24ClNO2. The Morgan fingerprint density at radius 2 is 1.31 bits per heavy atom. The smallest absolute Gasteiger partial charge is 0.253 e. The molecule has 1 aliphatic heterocycles. The van der Waals surface area contributed by atoms with Crippen LogP contribution in [0.1, 0.15) is 34.3 Å². The number of halogens is 1. The van der Waals surface area contributed by atoms with Gasteiger partial charge in [0.25, 0.3) is 5.91 Å². The van der Waals surface area contributed by atoms with Crippen molar-refractivity contribution in [2.75, 3.05) is 13.1 Å². The monoisotopic (exact) mass is 405 g/mol. The molecule has 4 rings (SSSR count). The van der Waals surface area contributed by atoms with Crippen LogP contribution in [0.2, 0.25) is 5.02 Å². The molecule has 1 fully saturated rings. The second kappa shape index (κ2) is 8.40. The molecule has 1 N–H and O–H groups in total. The Morgan fingerprint density at radius 3 is 1.79 bits per heavy atom. The zero-order valence-electron chi connectivity index (χ0n) is 16.2. The molecule has 0 atom stereocenters. The van der Waals surface area contributed by atoms with Crippen LogP contribution in [0.4, 0.5) is 0 Å². The van der Waals surface area contributed by atoms with Crippen LogP contribution in [0.25, 0.3) is 0 Å². The third-order valence-electron chi connectivity index (χ3n) is 5.89. The standard InChI is InChI=1S/C25H24ClNO2/c26-23-13-11-19(12-14-23)24(28)27-17-15-22(16-18-27)25(29,20-7-3-1-4-8-20)21-9-5-2-6-10-21/h1-14,22,29H,15-18H2. The lowest BCUT2D eigenvalue weighted by molar-refractivity contribution is -0.0122.